The van der Waals surface area contributed by atoms with Crippen LogP contribution in [0.4, 0.5) is 19.1 Å². The Kier molecular flexibility index (Phi) is 6.08. The van der Waals surface area contributed by atoms with E-state index >= 15 is 0 Å². The van der Waals surface area contributed by atoms with Gasteiger partial charge in [0.2, 0.25) is 24.1 Å². The largest absolute Gasteiger partial charge is 0.481 e. The molecule has 0 aliphatic rings. The van der Waals surface area contributed by atoms with Crippen LogP contribution in [0, 0.1) is 5.82 Å². The van der Waals surface area contributed by atoms with Crippen molar-refractivity contribution in [1.82, 2.24) is 24.5 Å². The molecule has 0 saturated carbocycles. The van der Waals surface area contributed by atoms with Crippen LogP contribution in [0.25, 0.3) is 22.3 Å². The lowest BCUT2D eigenvalue weighted by Crippen LogP contribution is -2.16. The van der Waals surface area contributed by atoms with E-state index in [0.29, 0.717) is 5.82 Å². The average molecular weight is 496 g/mol. The number of benzene rings is 1. The smallest absolute Gasteiger partial charge is 0.266 e. The molecule has 0 aliphatic heterocycles. The van der Waals surface area contributed by atoms with Crippen LogP contribution in [0.15, 0.2) is 35.6 Å². The van der Waals surface area contributed by atoms with Crippen molar-refractivity contribution in [3.63, 3.8) is 0 Å². The summed E-state index contributed by atoms with van der Waals surface area (Å²) >= 11 is 0. The minimum absolute atomic E-state index is 0.0994. The van der Waals surface area contributed by atoms with E-state index in [-0.39, 0.29) is 38.7 Å². The number of nitrogens with zero attached hydrogens (tertiary/aromatic N) is 4. The predicted molar refractivity (Wildman–Crippen MR) is 116 cm³/mol. The van der Waals surface area contributed by atoms with Crippen LogP contribution in [0.2, 0.25) is 0 Å². The summed E-state index contributed by atoms with van der Waals surface area (Å²) in [5, 5.41) is 0.195. The van der Waals surface area contributed by atoms with Gasteiger partial charge in [-0.15, -0.1) is 0 Å². The van der Waals surface area contributed by atoms with E-state index in [2.05, 4.69) is 24.7 Å². The lowest BCUT2D eigenvalue weighted by molar-refractivity contribution is 0.146. The molecule has 0 fully saturated rings. The number of ether oxygens (including phenoxy) is 2. The SMILES string of the molecule is COc1nc(NS(=O)(=O)c2c[nH]c3c(-c4nccn4C)c(F)ccc23)nc(OC)c1CC(F)F. The van der Waals surface area contributed by atoms with Crippen LogP contribution < -0.4 is 14.2 Å². The molecule has 0 unspecified atom stereocenters. The van der Waals surface area contributed by atoms with Crippen molar-refractivity contribution in [2.45, 2.75) is 17.7 Å². The molecule has 34 heavy (non-hydrogen) atoms. The fourth-order valence-electron chi connectivity index (χ4n) is 3.53. The fourth-order valence-corrected chi connectivity index (χ4v) is 4.64. The molecule has 10 nitrogen and oxygen atoms in total. The second-order valence-corrected chi connectivity index (χ2v) is 8.76. The van der Waals surface area contributed by atoms with Crippen molar-refractivity contribution < 1.29 is 31.1 Å². The highest BCUT2D eigenvalue weighted by Crippen LogP contribution is 2.34. The van der Waals surface area contributed by atoms with Gasteiger partial charge in [-0.2, -0.15) is 9.97 Å². The Labute approximate surface area is 191 Å². The maximum Gasteiger partial charge on any atom is 0.266 e. The highest BCUT2D eigenvalue weighted by Gasteiger charge is 2.26. The molecular formula is C20H19F3N6O4S. The number of sulfonamides is 1. The van der Waals surface area contributed by atoms with Crippen molar-refractivity contribution in [2.24, 2.45) is 7.05 Å². The molecule has 1 aromatic carbocycles. The quantitative estimate of drug-likeness (QED) is 0.384. The minimum Gasteiger partial charge on any atom is -0.481 e. The summed E-state index contributed by atoms with van der Waals surface area (Å²) in [7, 11) is -0.233. The van der Waals surface area contributed by atoms with Gasteiger partial charge in [0.25, 0.3) is 10.0 Å². The van der Waals surface area contributed by atoms with E-state index in [0.717, 1.165) is 6.07 Å². The number of anilines is 1. The van der Waals surface area contributed by atoms with Crippen molar-refractivity contribution in [3.05, 3.63) is 42.1 Å². The number of aromatic nitrogens is 5. The predicted octanol–water partition coefficient (Wildman–Crippen LogP) is 3.12. The Bertz CT molecular complexity index is 1440. The first-order valence-corrected chi connectivity index (χ1v) is 11.2. The first-order valence-electron chi connectivity index (χ1n) is 9.73. The number of halogens is 3. The third kappa shape index (κ3) is 4.11. The zero-order chi connectivity index (χ0) is 24.6. The van der Waals surface area contributed by atoms with Gasteiger partial charge in [-0.05, 0) is 12.1 Å². The van der Waals surface area contributed by atoms with Crippen molar-refractivity contribution >= 4 is 26.9 Å². The molecule has 0 radical (unpaired) electrons. The number of H-pyrrole nitrogens is 1. The molecule has 14 heteroatoms. The van der Waals surface area contributed by atoms with Gasteiger partial charge in [0.05, 0.1) is 30.9 Å². The summed E-state index contributed by atoms with van der Waals surface area (Å²) in [6, 6.07) is 2.46. The summed E-state index contributed by atoms with van der Waals surface area (Å²) in [6.07, 6.45) is 0.840. The maximum absolute atomic E-state index is 14.7. The zero-order valence-corrected chi connectivity index (χ0v) is 19.0. The van der Waals surface area contributed by atoms with E-state index in [1.54, 1.807) is 17.8 Å². The molecule has 0 aliphatic carbocycles. The molecular weight excluding hydrogens is 477 g/mol. The van der Waals surface area contributed by atoms with E-state index in [1.165, 1.54) is 32.7 Å². The number of hydrogen-bond donors (Lipinski definition) is 2. The standard InChI is InChI=1S/C20H19F3N6O4S/c1-29-7-6-24-17(29)15-12(21)5-4-10-13(9-25-16(10)15)34(30,31)28-20-26-18(32-2)11(8-14(22)23)19(27-20)33-3/h4-7,9,14,25H,8H2,1-3H3,(H,26,27,28). The molecule has 3 aromatic heterocycles. The number of hydrogen-bond acceptors (Lipinski definition) is 7. The lowest BCUT2D eigenvalue weighted by Gasteiger charge is -2.14. The number of aromatic amines is 1. The van der Waals surface area contributed by atoms with E-state index in [9.17, 15) is 21.6 Å². The highest BCUT2D eigenvalue weighted by atomic mass is 32.2. The van der Waals surface area contributed by atoms with E-state index in [4.69, 9.17) is 9.47 Å². The molecule has 0 amide bonds. The van der Waals surface area contributed by atoms with Crippen LogP contribution in [-0.4, -0.2) is 53.6 Å². The van der Waals surface area contributed by atoms with E-state index in [1.807, 2.05) is 0 Å². The molecule has 3 heterocycles. The number of fused-ring (bicyclic) bond motifs is 1. The van der Waals surface area contributed by atoms with Gasteiger partial charge >= 0.3 is 0 Å². The third-order valence-electron chi connectivity index (χ3n) is 5.00. The highest BCUT2D eigenvalue weighted by molar-refractivity contribution is 7.93. The van der Waals surface area contributed by atoms with Crippen LogP contribution in [0.3, 0.4) is 0 Å². The summed E-state index contributed by atoms with van der Waals surface area (Å²) in [5.41, 5.74) is 0.214. The fraction of sp³-hybridized carbons (Fsp3) is 0.250. The second kappa shape index (κ2) is 8.85. The van der Waals surface area contributed by atoms with Gasteiger partial charge in [0.1, 0.15) is 16.5 Å². The van der Waals surface area contributed by atoms with Crippen LogP contribution in [-0.2, 0) is 23.5 Å². The van der Waals surface area contributed by atoms with Crippen LogP contribution >= 0.6 is 0 Å². The minimum atomic E-state index is -4.31. The molecule has 0 bridgehead atoms. The lowest BCUT2D eigenvalue weighted by atomic mass is 10.1. The number of alkyl halides is 2. The first-order chi connectivity index (χ1) is 16.2. The Morgan fingerprint density at radius 1 is 1.18 bits per heavy atom. The van der Waals surface area contributed by atoms with Gasteiger partial charge < -0.3 is 19.0 Å². The Morgan fingerprint density at radius 2 is 1.85 bits per heavy atom. The summed E-state index contributed by atoms with van der Waals surface area (Å²) in [6.45, 7) is 0. The Morgan fingerprint density at radius 3 is 2.41 bits per heavy atom. The monoisotopic (exact) mass is 496 g/mol. The van der Waals surface area contributed by atoms with Crippen LogP contribution in [0.5, 0.6) is 11.8 Å². The molecule has 0 atom stereocenters. The zero-order valence-electron chi connectivity index (χ0n) is 18.1. The first kappa shape index (κ1) is 23.4. The molecule has 0 saturated heterocycles. The van der Waals surface area contributed by atoms with E-state index < -0.39 is 34.6 Å². The van der Waals surface area contributed by atoms with Gasteiger partial charge in [-0.1, -0.05) is 0 Å². The number of imidazole rings is 1. The molecule has 0 spiro atoms. The van der Waals surface area contributed by atoms with Gasteiger partial charge in [-0.25, -0.2) is 31.3 Å². The number of rotatable bonds is 8. The third-order valence-corrected chi connectivity index (χ3v) is 6.37. The van der Waals surface area contributed by atoms with Crippen molar-refractivity contribution in [3.8, 4) is 23.1 Å². The summed E-state index contributed by atoms with van der Waals surface area (Å²) in [5.74, 6) is -1.26. The molecule has 4 rings (SSSR count). The topological polar surface area (TPSA) is 124 Å². The van der Waals surface area contributed by atoms with Crippen molar-refractivity contribution in [2.75, 3.05) is 18.9 Å². The summed E-state index contributed by atoms with van der Waals surface area (Å²) < 4.78 is 80.7. The van der Waals surface area contributed by atoms with Gasteiger partial charge in [-0.3, -0.25) is 0 Å². The molecule has 4 aromatic rings. The summed E-state index contributed by atoms with van der Waals surface area (Å²) in [4.78, 5) is 14.5. The van der Waals surface area contributed by atoms with Gasteiger partial charge in [0.15, 0.2) is 0 Å². The Hall–Kier alpha value is -3.81. The maximum atomic E-state index is 14.7. The number of nitrogens with one attached hydrogen (secondary N) is 2. The van der Waals surface area contributed by atoms with Crippen LogP contribution in [0.1, 0.15) is 5.56 Å². The number of aryl methyl sites for hydroxylation is 1. The van der Waals surface area contributed by atoms with Gasteiger partial charge in [0, 0.05) is 37.4 Å². The Balaban J connectivity index is 1.78. The van der Waals surface area contributed by atoms with Crippen molar-refractivity contribution in [1.29, 1.82) is 0 Å². The number of methoxy groups -OCH3 is 2. The normalized spacial score (nSPS) is 11.9. The average Bonchev–Trinajstić information content (AvgIpc) is 3.40. The second-order valence-electron chi connectivity index (χ2n) is 7.10. The molecule has 2 N–H and O–H groups in total. The molecule has 180 valence electrons.